The van der Waals surface area contributed by atoms with Crippen molar-refractivity contribution in [3.05, 3.63) is 58.2 Å². The van der Waals surface area contributed by atoms with Crippen LogP contribution in [0.15, 0.2) is 47.1 Å². The quantitative estimate of drug-likeness (QED) is 0.433. The van der Waals surface area contributed by atoms with Crippen molar-refractivity contribution in [2.24, 2.45) is 0 Å². The summed E-state index contributed by atoms with van der Waals surface area (Å²) in [6, 6.07) is 10.9. The van der Waals surface area contributed by atoms with Gasteiger partial charge in [0, 0.05) is 27.1 Å². The van der Waals surface area contributed by atoms with Gasteiger partial charge in [-0.05, 0) is 30.7 Å². The van der Waals surface area contributed by atoms with Gasteiger partial charge in [-0.2, -0.15) is 0 Å². The number of ketones is 1. The number of hydrogen-bond acceptors (Lipinski definition) is 5. The summed E-state index contributed by atoms with van der Waals surface area (Å²) < 4.78 is 16.6. The molecule has 0 fully saturated rings. The number of hydrogen-bond donors (Lipinski definition) is 1. The summed E-state index contributed by atoms with van der Waals surface area (Å²) in [6.07, 6.45) is 0.736. The molecule has 1 unspecified atom stereocenters. The number of aromatic amines is 1. The summed E-state index contributed by atoms with van der Waals surface area (Å²) in [5.74, 6) is 0.302. The van der Waals surface area contributed by atoms with Crippen LogP contribution in [0.25, 0.3) is 10.9 Å². The van der Waals surface area contributed by atoms with Crippen molar-refractivity contribution >= 4 is 38.6 Å². The van der Waals surface area contributed by atoms with Gasteiger partial charge in [-0.25, -0.2) is 0 Å². The molecular formula is C21H20BrNO5. The van der Waals surface area contributed by atoms with Gasteiger partial charge < -0.3 is 19.2 Å². The molecule has 28 heavy (non-hydrogen) atoms. The van der Waals surface area contributed by atoms with Gasteiger partial charge in [-0.3, -0.25) is 9.59 Å². The van der Waals surface area contributed by atoms with Gasteiger partial charge in [0.15, 0.2) is 17.6 Å². The van der Waals surface area contributed by atoms with Crippen molar-refractivity contribution < 1.29 is 23.8 Å². The second kappa shape index (κ2) is 8.48. The maximum atomic E-state index is 12.7. The molecule has 7 heteroatoms. The van der Waals surface area contributed by atoms with Gasteiger partial charge >= 0.3 is 5.97 Å². The Morgan fingerprint density at radius 3 is 2.50 bits per heavy atom. The lowest BCUT2D eigenvalue weighted by molar-refractivity contribution is -0.145. The Morgan fingerprint density at radius 2 is 1.79 bits per heavy atom. The first-order valence-corrected chi connectivity index (χ1v) is 9.44. The first-order valence-electron chi connectivity index (χ1n) is 8.64. The predicted molar refractivity (Wildman–Crippen MR) is 109 cm³/mol. The first-order chi connectivity index (χ1) is 13.4. The highest BCUT2D eigenvalue weighted by molar-refractivity contribution is 9.10. The second-order valence-electron chi connectivity index (χ2n) is 6.22. The number of methoxy groups -OCH3 is 2. The molecule has 0 saturated heterocycles. The number of para-hydroxylation sites is 1. The molecule has 0 aliphatic heterocycles. The third-order valence-corrected chi connectivity index (χ3v) is 5.16. The second-order valence-corrected chi connectivity index (χ2v) is 7.07. The Bertz CT molecular complexity index is 1030. The summed E-state index contributed by atoms with van der Waals surface area (Å²) in [7, 11) is 3.06. The van der Waals surface area contributed by atoms with Crippen LogP contribution >= 0.6 is 15.9 Å². The monoisotopic (exact) mass is 445 g/mol. The smallest absolute Gasteiger partial charge is 0.311 e. The SMILES string of the molecule is COc1cc(Br)c(CC(=O)OC(C)C(=O)c2c[nH]c3ccccc23)cc1OC. The van der Waals surface area contributed by atoms with E-state index in [0.29, 0.717) is 27.1 Å². The van der Waals surface area contributed by atoms with Crippen LogP contribution in [0.5, 0.6) is 11.5 Å². The van der Waals surface area contributed by atoms with Crippen LogP contribution in [0.2, 0.25) is 0 Å². The zero-order chi connectivity index (χ0) is 20.3. The molecule has 0 radical (unpaired) electrons. The predicted octanol–water partition coefficient (Wildman–Crippen LogP) is 4.30. The maximum Gasteiger partial charge on any atom is 0.311 e. The zero-order valence-corrected chi connectivity index (χ0v) is 17.3. The third-order valence-electron chi connectivity index (χ3n) is 4.42. The highest BCUT2D eigenvalue weighted by Gasteiger charge is 2.23. The van der Waals surface area contributed by atoms with Gasteiger partial charge in [-0.1, -0.05) is 34.1 Å². The van der Waals surface area contributed by atoms with E-state index in [4.69, 9.17) is 14.2 Å². The van der Waals surface area contributed by atoms with Crippen LogP contribution in [0.3, 0.4) is 0 Å². The van der Waals surface area contributed by atoms with E-state index < -0.39 is 12.1 Å². The zero-order valence-electron chi connectivity index (χ0n) is 15.7. The van der Waals surface area contributed by atoms with E-state index in [1.165, 1.54) is 14.2 Å². The summed E-state index contributed by atoms with van der Waals surface area (Å²) in [4.78, 5) is 28.2. The molecule has 1 N–H and O–H groups in total. The number of fused-ring (bicyclic) bond motifs is 1. The topological polar surface area (TPSA) is 77.6 Å². The van der Waals surface area contributed by atoms with Crippen LogP contribution in [0.1, 0.15) is 22.8 Å². The molecule has 0 aliphatic rings. The van der Waals surface area contributed by atoms with Crippen molar-refractivity contribution in [1.82, 2.24) is 4.98 Å². The number of nitrogens with one attached hydrogen (secondary N) is 1. The lowest BCUT2D eigenvalue weighted by Gasteiger charge is -2.14. The Morgan fingerprint density at radius 1 is 1.11 bits per heavy atom. The van der Waals surface area contributed by atoms with Gasteiger partial charge in [0.1, 0.15) is 0 Å². The number of rotatable bonds is 7. The van der Waals surface area contributed by atoms with Gasteiger partial charge in [0.05, 0.1) is 20.6 Å². The van der Waals surface area contributed by atoms with Gasteiger partial charge in [0.2, 0.25) is 5.78 Å². The molecule has 1 atom stereocenters. The Balaban J connectivity index is 1.72. The Hall–Kier alpha value is -2.80. The van der Waals surface area contributed by atoms with E-state index in [2.05, 4.69) is 20.9 Å². The highest BCUT2D eigenvalue weighted by Crippen LogP contribution is 2.33. The van der Waals surface area contributed by atoms with E-state index in [0.717, 1.165) is 10.9 Å². The molecule has 0 aliphatic carbocycles. The number of halogens is 1. The van der Waals surface area contributed by atoms with Crippen molar-refractivity contribution in [1.29, 1.82) is 0 Å². The van der Waals surface area contributed by atoms with Gasteiger partial charge in [-0.15, -0.1) is 0 Å². The molecule has 2 aromatic carbocycles. The van der Waals surface area contributed by atoms with Crippen molar-refractivity contribution in [3.63, 3.8) is 0 Å². The fourth-order valence-electron chi connectivity index (χ4n) is 2.97. The minimum atomic E-state index is -0.898. The molecule has 1 heterocycles. The lowest BCUT2D eigenvalue weighted by Crippen LogP contribution is -2.25. The van der Waals surface area contributed by atoms with E-state index in [-0.39, 0.29) is 12.2 Å². The molecule has 0 saturated carbocycles. The number of benzene rings is 2. The summed E-state index contributed by atoms with van der Waals surface area (Å²) in [5, 5.41) is 0.804. The molecule has 146 valence electrons. The normalized spacial score (nSPS) is 11.9. The molecule has 1 aromatic heterocycles. The van der Waals surface area contributed by atoms with Crippen molar-refractivity contribution in [3.8, 4) is 11.5 Å². The average Bonchev–Trinajstić information content (AvgIpc) is 3.12. The number of Topliss-reactive ketones (excluding diaryl/α,β-unsaturated/α-hetero) is 1. The Kier molecular flexibility index (Phi) is 6.04. The maximum absolute atomic E-state index is 12.7. The Labute approximate surface area is 170 Å². The number of H-pyrrole nitrogens is 1. The average molecular weight is 446 g/mol. The number of carbonyl (C=O) groups is 2. The van der Waals surface area contributed by atoms with Crippen LogP contribution in [0.4, 0.5) is 0 Å². The number of ether oxygens (including phenoxy) is 3. The standard InChI is InChI=1S/C21H20BrNO5/c1-12(21(25)15-11-23-17-7-5-4-6-14(15)17)28-20(24)9-13-8-18(26-2)19(27-3)10-16(13)22/h4-8,10-12,23H,9H2,1-3H3. The van der Waals surface area contributed by atoms with Crippen LogP contribution < -0.4 is 9.47 Å². The fourth-order valence-corrected chi connectivity index (χ4v) is 3.44. The molecule has 3 rings (SSSR count). The molecular weight excluding hydrogens is 426 g/mol. The fraction of sp³-hybridized carbons (Fsp3) is 0.238. The van der Waals surface area contributed by atoms with Crippen LogP contribution in [-0.2, 0) is 16.0 Å². The minimum Gasteiger partial charge on any atom is -0.493 e. The highest BCUT2D eigenvalue weighted by atomic mass is 79.9. The summed E-state index contributed by atoms with van der Waals surface area (Å²) in [6.45, 7) is 1.58. The minimum absolute atomic E-state index is 0.00750. The number of esters is 1. The molecule has 0 amide bonds. The molecule has 0 spiro atoms. The van der Waals surface area contributed by atoms with E-state index in [9.17, 15) is 9.59 Å². The van der Waals surface area contributed by atoms with Crippen molar-refractivity contribution in [2.75, 3.05) is 14.2 Å². The molecule has 3 aromatic rings. The van der Waals surface area contributed by atoms with Gasteiger partial charge in [0.25, 0.3) is 0 Å². The number of carbonyl (C=O) groups excluding carboxylic acids is 2. The molecule has 0 bridgehead atoms. The first kappa shape index (κ1) is 19.9. The summed E-state index contributed by atoms with van der Waals surface area (Å²) in [5.41, 5.74) is 2.04. The van der Waals surface area contributed by atoms with E-state index in [1.54, 1.807) is 25.3 Å². The van der Waals surface area contributed by atoms with Crippen LogP contribution in [-0.4, -0.2) is 37.1 Å². The summed E-state index contributed by atoms with van der Waals surface area (Å²) >= 11 is 3.42. The number of aromatic nitrogens is 1. The van der Waals surface area contributed by atoms with E-state index >= 15 is 0 Å². The molecule has 6 nitrogen and oxygen atoms in total. The van der Waals surface area contributed by atoms with Crippen LogP contribution in [0, 0.1) is 0 Å². The van der Waals surface area contributed by atoms with E-state index in [1.807, 2.05) is 24.3 Å². The largest absolute Gasteiger partial charge is 0.493 e. The lowest BCUT2D eigenvalue weighted by atomic mass is 10.1. The van der Waals surface area contributed by atoms with Crippen molar-refractivity contribution in [2.45, 2.75) is 19.4 Å². The third kappa shape index (κ3) is 4.04.